The van der Waals surface area contributed by atoms with Gasteiger partial charge in [-0.2, -0.15) is 0 Å². The number of hydrogen-bond donors (Lipinski definition) is 0. The van der Waals surface area contributed by atoms with E-state index in [0.717, 1.165) is 45.3 Å². The molecule has 0 spiro atoms. The smallest absolute Gasteiger partial charge is 0.343 e. The van der Waals surface area contributed by atoms with E-state index in [0.29, 0.717) is 23.7 Å². The Labute approximate surface area is 172 Å². The fourth-order valence-electron chi connectivity index (χ4n) is 4.24. The third-order valence-corrected chi connectivity index (χ3v) is 5.77. The van der Waals surface area contributed by atoms with E-state index in [-0.39, 0.29) is 12.6 Å². The third-order valence-electron chi connectivity index (χ3n) is 5.77. The molecule has 1 heterocycles. The summed E-state index contributed by atoms with van der Waals surface area (Å²) in [6, 6.07) is 13.7. The Morgan fingerprint density at radius 2 is 2.07 bits per heavy atom. The topological polar surface area (TPSA) is 29.5 Å². The number of benzene rings is 2. The van der Waals surface area contributed by atoms with Gasteiger partial charge in [0.2, 0.25) is 0 Å². The van der Waals surface area contributed by atoms with Crippen LogP contribution in [0.5, 0.6) is 5.75 Å². The first-order valence-corrected chi connectivity index (χ1v) is 10.6. The largest absolute Gasteiger partial charge is 0.423 e. The fourth-order valence-corrected chi connectivity index (χ4v) is 4.24. The Morgan fingerprint density at radius 3 is 2.93 bits per heavy atom. The Bertz CT molecular complexity index is 886. The molecule has 1 saturated heterocycles. The summed E-state index contributed by atoms with van der Waals surface area (Å²) in [6.45, 7) is 2.65. The van der Waals surface area contributed by atoms with Gasteiger partial charge in [-0.1, -0.05) is 30.4 Å². The first-order chi connectivity index (χ1) is 14.2. The van der Waals surface area contributed by atoms with Crippen molar-refractivity contribution in [3.8, 4) is 5.75 Å². The lowest BCUT2D eigenvalue weighted by atomic mass is 9.92. The molecule has 2 aromatic carbocycles. The van der Waals surface area contributed by atoms with Crippen LogP contribution in [0.15, 0.2) is 48.5 Å². The number of likely N-dealkylation sites (tertiary alicyclic amines) is 1. The van der Waals surface area contributed by atoms with Crippen LogP contribution in [-0.4, -0.2) is 37.2 Å². The zero-order valence-corrected chi connectivity index (χ0v) is 16.8. The number of rotatable bonds is 7. The van der Waals surface area contributed by atoms with E-state index in [1.54, 1.807) is 0 Å². The summed E-state index contributed by atoms with van der Waals surface area (Å²) in [6.07, 6.45) is 9.09. The molecule has 152 valence electrons. The van der Waals surface area contributed by atoms with Crippen LogP contribution in [0, 0.1) is 5.92 Å². The van der Waals surface area contributed by atoms with Gasteiger partial charge in [-0.3, -0.25) is 4.39 Å². The number of nitrogens with zero attached hydrogens (tertiary/aromatic N) is 1. The van der Waals surface area contributed by atoms with Crippen LogP contribution < -0.4 is 4.74 Å². The summed E-state index contributed by atoms with van der Waals surface area (Å²) in [5.41, 5.74) is 4.19. The molecule has 2 aliphatic rings. The molecule has 0 unspecified atom stereocenters. The maximum Gasteiger partial charge on any atom is 0.343 e. The summed E-state index contributed by atoms with van der Waals surface area (Å²) < 4.78 is 17.9. The summed E-state index contributed by atoms with van der Waals surface area (Å²) in [7, 11) is 0. The second-order valence-corrected chi connectivity index (χ2v) is 8.12. The minimum absolute atomic E-state index is 0.241. The van der Waals surface area contributed by atoms with Gasteiger partial charge >= 0.3 is 5.97 Å². The zero-order valence-electron chi connectivity index (χ0n) is 16.8. The lowest BCUT2D eigenvalue weighted by Gasteiger charge is -2.39. The Kier molecular flexibility index (Phi) is 6.40. The van der Waals surface area contributed by atoms with Crippen LogP contribution in [0.2, 0.25) is 0 Å². The molecule has 29 heavy (non-hydrogen) atoms. The molecule has 4 heteroatoms. The van der Waals surface area contributed by atoms with Gasteiger partial charge in [0.25, 0.3) is 0 Å². The van der Waals surface area contributed by atoms with Crippen molar-refractivity contribution in [2.24, 2.45) is 5.92 Å². The van der Waals surface area contributed by atoms with Crippen molar-refractivity contribution in [3.05, 3.63) is 70.8 Å². The van der Waals surface area contributed by atoms with Gasteiger partial charge in [-0.15, -0.1) is 0 Å². The van der Waals surface area contributed by atoms with E-state index >= 15 is 0 Å². The van der Waals surface area contributed by atoms with E-state index < -0.39 is 0 Å². The summed E-state index contributed by atoms with van der Waals surface area (Å²) in [4.78, 5) is 14.9. The number of aryl methyl sites for hydroxylation is 1. The Morgan fingerprint density at radius 1 is 1.17 bits per heavy atom. The molecule has 0 atom stereocenters. The SMILES string of the molecule is O=C(Oc1cccc(CC2CN(CCCF)C2)c1)c1ccc2c(c1)CCCC=C2. The molecule has 1 fully saturated rings. The molecular weight excluding hydrogens is 365 g/mol. The number of carbonyl (C=O) groups excluding carboxylic acids is 1. The average Bonchev–Trinajstić information content (AvgIpc) is 2.94. The normalized spacial score (nSPS) is 16.7. The van der Waals surface area contributed by atoms with Crippen molar-refractivity contribution in [1.29, 1.82) is 0 Å². The van der Waals surface area contributed by atoms with Gasteiger partial charge in [0.15, 0.2) is 0 Å². The molecule has 1 aliphatic carbocycles. The lowest BCUT2D eigenvalue weighted by Crippen LogP contribution is -2.47. The van der Waals surface area contributed by atoms with E-state index in [9.17, 15) is 9.18 Å². The molecule has 3 nitrogen and oxygen atoms in total. The van der Waals surface area contributed by atoms with Gasteiger partial charge < -0.3 is 9.64 Å². The Balaban J connectivity index is 1.35. The number of ether oxygens (including phenoxy) is 1. The molecule has 0 aromatic heterocycles. The molecule has 2 aromatic rings. The van der Waals surface area contributed by atoms with Crippen molar-refractivity contribution >= 4 is 12.0 Å². The summed E-state index contributed by atoms with van der Waals surface area (Å²) >= 11 is 0. The van der Waals surface area contributed by atoms with Crippen LogP contribution >= 0.6 is 0 Å². The average molecular weight is 394 g/mol. The van der Waals surface area contributed by atoms with Crippen LogP contribution in [0.1, 0.15) is 46.3 Å². The van der Waals surface area contributed by atoms with Crippen LogP contribution in [0.3, 0.4) is 0 Å². The number of carbonyl (C=O) groups is 1. The monoisotopic (exact) mass is 393 g/mol. The highest BCUT2D eigenvalue weighted by Crippen LogP contribution is 2.24. The highest BCUT2D eigenvalue weighted by atomic mass is 19.1. The van der Waals surface area contributed by atoms with Gasteiger partial charge in [-0.05, 0) is 79.0 Å². The molecule has 1 aliphatic heterocycles. The highest BCUT2D eigenvalue weighted by Gasteiger charge is 2.26. The minimum Gasteiger partial charge on any atom is -0.423 e. The van der Waals surface area contributed by atoms with Gasteiger partial charge in [0.1, 0.15) is 5.75 Å². The van der Waals surface area contributed by atoms with E-state index in [1.807, 2.05) is 36.4 Å². The molecule has 0 saturated carbocycles. The van der Waals surface area contributed by atoms with Gasteiger partial charge in [0.05, 0.1) is 12.2 Å². The first kappa shape index (κ1) is 19.8. The quantitative estimate of drug-likeness (QED) is 0.485. The van der Waals surface area contributed by atoms with Crippen LogP contribution in [0.4, 0.5) is 4.39 Å². The maximum atomic E-state index is 12.7. The van der Waals surface area contributed by atoms with Crippen molar-refractivity contribution in [1.82, 2.24) is 4.90 Å². The van der Waals surface area contributed by atoms with Crippen LogP contribution in [0.25, 0.3) is 6.08 Å². The second-order valence-electron chi connectivity index (χ2n) is 8.12. The highest BCUT2D eigenvalue weighted by molar-refractivity contribution is 5.91. The van der Waals surface area contributed by atoms with Crippen molar-refractivity contribution in [2.75, 3.05) is 26.3 Å². The number of alkyl halides is 1. The predicted molar refractivity (Wildman–Crippen MR) is 114 cm³/mol. The fraction of sp³-hybridized carbons (Fsp3) is 0.400. The molecular formula is C25H28FNO2. The molecule has 0 N–H and O–H groups in total. The minimum atomic E-state index is -0.306. The summed E-state index contributed by atoms with van der Waals surface area (Å²) in [5.74, 6) is 0.883. The maximum absolute atomic E-state index is 12.7. The number of allylic oxidation sites excluding steroid dienone is 1. The molecule has 0 radical (unpaired) electrons. The number of hydrogen-bond acceptors (Lipinski definition) is 3. The van der Waals surface area contributed by atoms with E-state index in [2.05, 4.69) is 23.1 Å². The van der Waals surface area contributed by atoms with Crippen molar-refractivity contribution in [2.45, 2.75) is 32.1 Å². The third kappa shape index (κ3) is 5.13. The predicted octanol–water partition coefficient (Wildman–Crippen LogP) is 5.09. The van der Waals surface area contributed by atoms with Crippen molar-refractivity contribution < 1.29 is 13.9 Å². The van der Waals surface area contributed by atoms with Gasteiger partial charge in [-0.25, -0.2) is 4.79 Å². The standard InChI is InChI=1S/C25H28FNO2/c26-12-5-13-27-17-20(18-27)14-19-6-4-9-24(15-19)29-25(28)23-11-10-21-7-2-1-3-8-22(21)16-23/h2,4,6-7,9-11,15-16,20H,1,3,5,8,12-14,17-18H2. The molecule has 0 bridgehead atoms. The lowest BCUT2D eigenvalue weighted by molar-refractivity contribution is 0.0734. The molecule has 4 rings (SSSR count). The molecule has 0 amide bonds. The number of halogens is 1. The second kappa shape index (κ2) is 9.36. The number of esters is 1. The Hall–Kier alpha value is -2.46. The first-order valence-electron chi connectivity index (χ1n) is 10.6. The van der Waals surface area contributed by atoms with E-state index in [4.69, 9.17) is 4.74 Å². The van der Waals surface area contributed by atoms with Crippen LogP contribution in [-0.2, 0) is 12.8 Å². The van der Waals surface area contributed by atoms with E-state index in [1.165, 1.54) is 16.7 Å². The summed E-state index contributed by atoms with van der Waals surface area (Å²) in [5, 5.41) is 0. The number of fused-ring (bicyclic) bond motifs is 1. The van der Waals surface area contributed by atoms with Gasteiger partial charge in [0, 0.05) is 19.6 Å². The van der Waals surface area contributed by atoms with Crippen molar-refractivity contribution in [3.63, 3.8) is 0 Å². The zero-order chi connectivity index (χ0) is 20.1.